The van der Waals surface area contributed by atoms with Crippen LogP contribution in [0.25, 0.3) is 10.9 Å². The number of carbonyl (C=O) groups is 1. The summed E-state index contributed by atoms with van der Waals surface area (Å²) in [5.41, 5.74) is 3.36. The Kier molecular flexibility index (Phi) is 5.79. The number of hydrogen-bond donors (Lipinski definition) is 2. The van der Waals surface area contributed by atoms with Crippen LogP contribution in [-0.4, -0.2) is 36.4 Å². The van der Waals surface area contributed by atoms with Crippen LogP contribution >= 0.6 is 11.3 Å². The average Bonchev–Trinajstić information content (AvgIpc) is 3.42. The SMILES string of the molecule is CN(C)C(=O)[C@@H](NC[C@@H](c1cccs1)c1c[nH]c2ccccc12)c1ccccc1. The molecule has 4 aromatic rings. The number of amides is 1. The molecule has 0 fully saturated rings. The van der Waals surface area contributed by atoms with Crippen molar-refractivity contribution in [2.24, 2.45) is 0 Å². The van der Waals surface area contributed by atoms with Gasteiger partial charge in [-0.2, -0.15) is 0 Å². The highest BCUT2D eigenvalue weighted by atomic mass is 32.1. The summed E-state index contributed by atoms with van der Waals surface area (Å²) in [5.74, 6) is 0.215. The van der Waals surface area contributed by atoms with Gasteiger partial charge in [0.05, 0.1) is 0 Å². The van der Waals surface area contributed by atoms with E-state index in [0.717, 1.165) is 11.1 Å². The Hall–Kier alpha value is -2.89. The molecule has 0 saturated carbocycles. The summed E-state index contributed by atoms with van der Waals surface area (Å²) < 4.78 is 0. The number of para-hydroxylation sites is 1. The van der Waals surface area contributed by atoms with Gasteiger partial charge in [-0.25, -0.2) is 0 Å². The molecule has 4 nitrogen and oxygen atoms in total. The Morgan fingerprint density at radius 1 is 1.03 bits per heavy atom. The molecule has 0 aliphatic heterocycles. The van der Waals surface area contributed by atoms with E-state index in [2.05, 4.69) is 52.2 Å². The van der Waals surface area contributed by atoms with Crippen LogP contribution in [0.4, 0.5) is 0 Å². The smallest absolute Gasteiger partial charge is 0.243 e. The van der Waals surface area contributed by atoms with Crippen molar-refractivity contribution in [1.82, 2.24) is 15.2 Å². The largest absolute Gasteiger partial charge is 0.361 e. The lowest BCUT2D eigenvalue weighted by molar-refractivity contribution is -0.131. The molecular formula is C24H25N3OS. The van der Waals surface area contributed by atoms with Gasteiger partial charge in [-0.3, -0.25) is 4.79 Å². The van der Waals surface area contributed by atoms with E-state index >= 15 is 0 Å². The molecule has 0 saturated heterocycles. The molecule has 2 N–H and O–H groups in total. The van der Waals surface area contributed by atoms with E-state index in [1.807, 2.05) is 36.4 Å². The summed E-state index contributed by atoms with van der Waals surface area (Å²) in [6.07, 6.45) is 2.10. The molecule has 0 aliphatic rings. The number of nitrogens with zero attached hydrogens (tertiary/aromatic N) is 1. The van der Waals surface area contributed by atoms with Crippen LogP contribution in [0.15, 0.2) is 78.3 Å². The third-order valence-corrected chi connectivity index (χ3v) is 6.22. The Morgan fingerprint density at radius 3 is 2.52 bits per heavy atom. The number of likely N-dealkylation sites (N-methyl/N-ethyl adjacent to an activating group) is 1. The van der Waals surface area contributed by atoms with Crippen molar-refractivity contribution in [3.05, 3.63) is 94.3 Å². The maximum Gasteiger partial charge on any atom is 0.243 e. The van der Waals surface area contributed by atoms with Crippen molar-refractivity contribution in [3.8, 4) is 0 Å². The van der Waals surface area contributed by atoms with Gasteiger partial charge in [-0.1, -0.05) is 54.6 Å². The van der Waals surface area contributed by atoms with Gasteiger partial charge in [0, 0.05) is 48.5 Å². The van der Waals surface area contributed by atoms with Crippen molar-refractivity contribution in [2.75, 3.05) is 20.6 Å². The first-order valence-corrected chi connectivity index (χ1v) is 10.6. The van der Waals surface area contributed by atoms with Gasteiger partial charge in [-0.15, -0.1) is 11.3 Å². The number of nitrogens with one attached hydrogen (secondary N) is 2. The number of aromatic amines is 1. The van der Waals surface area contributed by atoms with Gasteiger partial charge in [0.2, 0.25) is 5.91 Å². The highest BCUT2D eigenvalue weighted by Gasteiger charge is 2.25. The third kappa shape index (κ3) is 4.11. The summed E-state index contributed by atoms with van der Waals surface area (Å²) in [6, 6.07) is 22.2. The monoisotopic (exact) mass is 403 g/mol. The highest BCUT2D eigenvalue weighted by Crippen LogP contribution is 2.33. The fraction of sp³-hybridized carbons (Fsp3) is 0.208. The van der Waals surface area contributed by atoms with Crippen molar-refractivity contribution >= 4 is 28.1 Å². The molecule has 5 heteroatoms. The van der Waals surface area contributed by atoms with Crippen molar-refractivity contribution in [3.63, 3.8) is 0 Å². The zero-order valence-electron chi connectivity index (χ0n) is 16.6. The maximum absolute atomic E-state index is 12.9. The molecule has 2 atom stereocenters. The predicted molar refractivity (Wildman–Crippen MR) is 120 cm³/mol. The quantitative estimate of drug-likeness (QED) is 0.466. The Balaban J connectivity index is 1.66. The number of hydrogen-bond acceptors (Lipinski definition) is 3. The average molecular weight is 404 g/mol. The topological polar surface area (TPSA) is 48.1 Å². The lowest BCUT2D eigenvalue weighted by atomic mass is 9.95. The summed E-state index contributed by atoms with van der Waals surface area (Å²) in [5, 5.41) is 6.89. The second-order valence-corrected chi connectivity index (χ2v) is 8.32. The molecule has 0 spiro atoms. The molecular weight excluding hydrogens is 378 g/mol. The van der Waals surface area contributed by atoms with Crippen molar-refractivity contribution < 1.29 is 4.79 Å². The second-order valence-electron chi connectivity index (χ2n) is 7.34. The number of carbonyl (C=O) groups excluding carboxylic acids is 1. The maximum atomic E-state index is 12.9. The number of benzene rings is 2. The van der Waals surface area contributed by atoms with Crippen LogP contribution < -0.4 is 5.32 Å². The fourth-order valence-corrected chi connectivity index (χ4v) is 4.57. The third-order valence-electron chi connectivity index (χ3n) is 5.23. The molecule has 0 aliphatic carbocycles. The van der Waals surface area contributed by atoms with Gasteiger partial charge in [-0.05, 0) is 28.6 Å². The molecule has 0 unspecified atom stereocenters. The van der Waals surface area contributed by atoms with E-state index in [9.17, 15) is 4.79 Å². The molecule has 2 aromatic carbocycles. The zero-order valence-corrected chi connectivity index (χ0v) is 17.4. The molecule has 0 radical (unpaired) electrons. The lowest BCUT2D eigenvalue weighted by Gasteiger charge is -2.25. The standard InChI is InChI=1S/C24H25N3OS/c1-27(2)24(28)23(17-9-4-3-5-10-17)26-16-20(22-13-8-14-29-22)19-15-25-21-12-7-6-11-18(19)21/h3-15,20,23,25-26H,16H2,1-2H3/t20-,23+/m1/s1. The van der Waals surface area contributed by atoms with E-state index in [1.54, 1.807) is 30.3 Å². The number of rotatable bonds is 7. The Bertz CT molecular complexity index is 1070. The summed E-state index contributed by atoms with van der Waals surface area (Å²) in [7, 11) is 3.60. The normalized spacial score (nSPS) is 13.3. The number of H-pyrrole nitrogens is 1. The van der Waals surface area contributed by atoms with E-state index in [4.69, 9.17) is 0 Å². The number of aromatic nitrogens is 1. The predicted octanol–water partition coefficient (Wildman–Crippen LogP) is 4.78. The van der Waals surface area contributed by atoms with Crippen LogP contribution in [0.5, 0.6) is 0 Å². The zero-order chi connectivity index (χ0) is 20.2. The van der Waals surface area contributed by atoms with Gasteiger partial charge >= 0.3 is 0 Å². The molecule has 148 valence electrons. The van der Waals surface area contributed by atoms with Crippen LogP contribution in [0, 0.1) is 0 Å². The fourth-order valence-electron chi connectivity index (χ4n) is 3.72. The summed E-state index contributed by atoms with van der Waals surface area (Å²) in [4.78, 5) is 19.2. The van der Waals surface area contributed by atoms with Crippen LogP contribution in [0.1, 0.15) is 28.0 Å². The summed E-state index contributed by atoms with van der Waals surface area (Å²) >= 11 is 1.75. The first kappa shape index (κ1) is 19.4. The first-order valence-electron chi connectivity index (χ1n) is 9.74. The van der Waals surface area contributed by atoms with Gasteiger partial charge in [0.1, 0.15) is 6.04 Å². The van der Waals surface area contributed by atoms with Crippen LogP contribution in [0.2, 0.25) is 0 Å². The molecule has 0 bridgehead atoms. The molecule has 29 heavy (non-hydrogen) atoms. The van der Waals surface area contributed by atoms with Gasteiger partial charge < -0.3 is 15.2 Å². The van der Waals surface area contributed by atoms with Crippen LogP contribution in [0.3, 0.4) is 0 Å². The number of fused-ring (bicyclic) bond motifs is 1. The van der Waals surface area contributed by atoms with E-state index in [0.29, 0.717) is 6.54 Å². The minimum Gasteiger partial charge on any atom is -0.361 e. The van der Waals surface area contributed by atoms with E-state index in [-0.39, 0.29) is 17.9 Å². The minimum atomic E-state index is -0.376. The molecule has 1 amide bonds. The molecule has 2 aromatic heterocycles. The second kappa shape index (κ2) is 8.64. The first-order chi connectivity index (χ1) is 14.1. The van der Waals surface area contributed by atoms with Gasteiger partial charge in [0.25, 0.3) is 0 Å². The van der Waals surface area contributed by atoms with Crippen LogP contribution in [-0.2, 0) is 4.79 Å². The minimum absolute atomic E-state index is 0.0556. The van der Waals surface area contributed by atoms with Crippen molar-refractivity contribution in [1.29, 1.82) is 0 Å². The lowest BCUT2D eigenvalue weighted by Crippen LogP contribution is -2.38. The molecule has 2 heterocycles. The molecule has 4 rings (SSSR count). The van der Waals surface area contributed by atoms with Crippen molar-refractivity contribution in [2.45, 2.75) is 12.0 Å². The summed E-state index contributed by atoms with van der Waals surface area (Å²) in [6.45, 7) is 0.668. The van der Waals surface area contributed by atoms with E-state index < -0.39 is 0 Å². The number of thiophene rings is 1. The highest BCUT2D eigenvalue weighted by molar-refractivity contribution is 7.10. The van der Waals surface area contributed by atoms with E-state index in [1.165, 1.54) is 15.8 Å². The Morgan fingerprint density at radius 2 is 1.79 bits per heavy atom. The Labute approximate surface area is 175 Å². The van der Waals surface area contributed by atoms with Gasteiger partial charge in [0.15, 0.2) is 0 Å².